The van der Waals surface area contributed by atoms with Crippen molar-refractivity contribution in [3.63, 3.8) is 0 Å². The monoisotopic (exact) mass is 634 g/mol. The second-order valence-corrected chi connectivity index (χ2v) is 13.0. The molecule has 0 unspecified atom stereocenters. The number of rotatable bonds is 12. The lowest BCUT2D eigenvalue weighted by molar-refractivity contribution is -0.140. The minimum absolute atomic E-state index is 0.0579. The van der Waals surface area contributed by atoms with Crippen molar-refractivity contribution in [2.45, 2.75) is 56.2 Å². The smallest absolute Gasteiger partial charge is 0.243 e. The van der Waals surface area contributed by atoms with Gasteiger partial charge < -0.3 is 31.3 Å². The number of carbonyl (C=O) groups is 3. The van der Waals surface area contributed by atoms with Gasteiger partial charge in [0.1, 0.15) is 12.1 Å². The Bertz CT molecular complexity index is 1390. The van der Waals surface area contributed by atoms with E-state index in [1.165, 1.54) is 4.90 Å². The van der Waals surface area contributed by atoms with Crippen LogP contribution < -0.4 is 21.5 Å². The second kappa shape index (κ2) is 15.1. The predicted octanol–water partition coefficient (Wildman–Crippen LogP) is 0.470. The minimum atomic E-state index is -3.99. The van der Waals surface area contributed by atoms with Crippen molar-refractivity contribution in [1.82, 2.24) is 19.8 Å². The van der Waals surface area contributed by atoms with Gasteiger partial charge in [-0.25, -0.2) is 13.1 Å². The molecule has 0 bridgehead atoms. The number of carbonyl (C=O) groups excluding carboxylic acids is 3. The first-order valence-corrected chi connectivity index (χ1v) is 16.3. The van der Waals surface area contributed by atoms with Gasteiger partial charge in [-0.05, 0) is 41.7 Å². The summed E-state index contributed by atoms with van der Waals surface area (Å²) in [5, 5.41) is 3.35. The van der Waals surface area contributed by atoms with Crippen molar-refractivity contribution < 1.29 is 27.5 Å². The Morgan fingerprint density at radius 1 is 1.07 bits per heavy atom. The average Bonchev–Trinajstić information content (AvgIpc) is 3.39. The molecule has 43 heavy (non-hydrogen) atoms. The van der Waals surface area contributed by atoms with Gasteiger partial charge in [-0.1, -0.05) is 48.0 Å². The standard InChI is InChI=1S/C29H39ClN6O6S/c30-23-7-6-21(16-31)22(14-23)17-33-28(38)26-15-24(32)18-36(26)29(39)25(8-9-27(37)35-10-12-42-13-11-35)34-43(40,41)19-20-4-2-1-3-5-20/h1-7,14,24-26,34H,8-13,15-19,31-32H2,(H,33,38)/t24-,25-,26+/m1/s1. The Balaban J connectivity index is 1.49. The maximum Gasteiger partial charge on any atom is 0.243 e. The van der Waals surface area contributed by atoms with Gasteiger partial charge in [0.05, 0.1) is 19.0 Å². The van der Waals surface area contributed by atoms with E-state index >= 15 is 0 Å². The molecule has 2 heterocycles. The fourth-order valence-corrected chi connectivity index (χ4v) is 6.90. The average molecular weight is 635 g/mol. The molecule has 2 aliphatic rings. The Hall–Kier alpha value is -3.07. The zero-order chi connectivity index (χ0) is 31.0. The first kappa shape index (κ1) is 32.8. The largest absolute Gasteiger partial charge is 0.378 e. The van der Waals surface area contributed by atoms with Gasteiger partial charge >= 0.3 is 0 Å². The topological polar surface area (TPSA) is 177 Å². The second-order valence-electron chi connectivity index (χ2n) is 10.8. The van der Waals surface area contributed by atoms with Crippen LogP contribution in [0.3, 0.4) is 0 Å². The zero-order valence-electron chi connectivity index (χ0n) is 23.9. The lowest BCUT2D eigenvalue weighted by Gasteiger charge is -2.30. The highest BCUT2D eigenvalue weighted by Gasteiger charge is 2.41. The molecule has 3 amide bonds. The normalized spacial score (nSPS) is 19.7. The number of ether oxygens (including phenoxy) is 1. The Labute approximate surface area is 257 Å². The third-order valence-corrected chi connectivity index (χ3v) is 9.18. The van der Waals surface area contributed by atoms with Crippen molar-refractivity contribution in [2.75, 3.05) is 32.8 Å². The van der Waals surface area contributed by atoms with E-state index in [2.05, 4.69) is 10.0 Å². The molecule has 0 spiro atoms. The van der Waals surface area contributed by atoms with Crippen molar-refractivity contribution >= 4 is 39.3 Å². The van der Waals surface area contributed by atoms with E-state index in [1.54, 1.807) is 53.4 Å². The number of amides is 3. The number of nitrogens with two attached hydrogens (primary N) is 2. The first-order valence-electron chi connectivity index (χ1n) is 14.3. The van der Waals surface area contributed by atoms with Crippen LogP contribution in [0.25, 0.3) is 0 Å². The molecular formula is C29H39ClN6O6S. The van der Waals surface area contributed by atoms with Crippen LogP contribution in [0, 0.1) is 0 Å². The van der Waals surface area contributed by atoms with Crippen molar-refractivity contribution in [2.24, 2.45) is 11.5 Å². The molecular weight excluding hydrogens is 596 g/mol. The Kier molecular flexibility index (Phi) is 11.5. The summed E-state index contributed by atoms with van der Waals surface area (Å²) in [6.07, 6.45) is 0.0657. The van der Waals surface area contributed by atoms with Gasteiger partial charge in [-0.3, -0.25) is 14.4 Å². The molecule has 6 N–H and O–H groups in total. The van der Waals surface area contributed by atoms with Gasteiger partial charge in [0.25, 0.3) is 0 Å². The van der Waals surface area contributed by atoms with Crippen LogP contribution in [-0.2, 0) is 48.0 Å². The molecule has 2 fully saturated rings. The first-order chi connectivity index (χ1) is 20.6. The van der Waals surface area contributed by atoms with Gasteiger partial charge in [0.2, 0.25) is 27.7 Å². The van der Waals surface area contributed by atoms with Crippen molar-refractivity contribution in [3.05, 3.63) is 70.2 Å². The summed E-state index contributed by atoms with van der Waals surface area (Å²) >= 11 is 6.13. The molecule has 2 aromatic carbocycles. The lowest BCUT2D eigenvalue weighted by Crippen LogP contribution is -2.54. The SMILES string of the molecule is NCc1ccc(Cl)cc1CNC(=O)[C@@H]1C[C@@H](N)CN1C(=O)[C@@H](CCC(=O)N1CCOCC1)NS(=O)(=O)Cc1ccccc1. The van der Waals surface area contributed by atoms with Crippen LogP contribution >= 0.6 is 11.6 Å². The summed E-state index contributed by atoms with van der Waals surface area (Å²) in [6.45, 7) is 2.16. The van der Waals surface area contributed by atoms with Gasteiger partial charge in [-0.15, -0.1) is 0 Å². The maximum absolute atomic E-state index is 13.9. The summed E-state index contributed by atoms with van der Waals surface area (Å²) in [4.78, 5) is 43.1. The van der Waals surface area contributed by atoms with Gasteiger partial charge in [-0.2, -0.15) is 0 Å². The molecule has 234 valence electrons. The summed E-state index contributed by atoms with van der Waals surface area (Å²) in [6, 6.07) is 11.1. The van der Waals surface area contributed by atoms with E-state index in [1.807, 2.05) is 0 Å². The van der Waals surface area contributed by atoms with E-state index in [-0.39, 0.29) is 50.6 Å². The van der Waals surface area contributed by atoms with Crippen LogP contribution in [0.2, 0.25) is 5.02 Å². The molecule has 12 nitrogen and oxygen atoms in total. The molecule has 0 saturated carbocycles. The molecule has 14 heteroatoms. The molecule has 2 saturated heterocycles. The predicted molar refractivity (Wildman–Crippen MR) is 162 cm³/mol. The molecule has 2 aliphatic heterocycles. The summed E-state index contributed by atoms with van der Waals surface area (Å²) < 4.78 is 34.2. The Morgan fingerprint density at radius 2 is 1.79 bits per heavy atom. The minimum Gasteiger partial charge on any atom is -0.378 e. The van der Waals surface area contributed by atoms with Crippen molar-refractivity contribution in [1.29, 1.82) is 0 Å². The van der Waals surface area contributed by atoms with E-state index < -0.39 is 40.0 Å². The number of likely N-dealkylation sites (tertiary alicyclic amines) is 1. The highest BCUT2D eigenvalue weighted by Crippen LogP contribution is 2.22. The number of nitrogens with zero attached hydrogens (tertiary/aromatic N) is 2. The van der Waals surface area contributed by atoms with Crippen molar-refractivity contribution in [3.8, 4) is 0 Å². The quantitative estimate of drug-likeness (QED) is 0.260. The highest BCUT2D eigenvalue weighted by molar-refractivity contribution is 7.88. The fraction of sp³-hybridized carbons (Fsp3) is 0.483. The third kappa shape index (κ3) is 9.21. The number of hydrogen-bond acceptors (Lipinski definition) is 8. The van der Waals surface area contributed by atoms with Crippen LogP contribution in [0.1, 0.15) is 36.0 Å². The van der Waals surface area contributed by atoms with Gasteiger partial charge in [0, 0.05) is 50.2 Å². The summed E-state index contributed by atoms with van der Waals surface area (Å²) in [7, 11) is -3.99. The number of halogens is 1. The molecule has 0 radical (unpaired) electrons. The van der Waals surface area contributed by atoms with E-state index in [0.717, 1.165) is 11.1 Å². The fourth-order valence-electron chi connectivity index (χ4n) is 5.34. The molecule has 4 rings (SSSR count). The van der Waals surface area contributed by atoms with E-state index in [4.69, 9.17) is 27.8 Å². The molecule has 0 aliphatic carbocycles. The summed E-state index contributed by atoms with van der Waals surface area (Å²) in [5.41, 5.74) is 14.1. The van der Waals surface area contributed by atoms with Crippen LogP contribution in [0.15, 0.2) is 48.5 Å². The molecule has 3 atom stereocenters. The number of benzene rings is 2. The van der Waals surface area contributed by atoms with E-state index in [9.17, 15) is 22.8 Å². The van der Waals surface area contributed by atoms with Gasteiger partial charge in [0.15, 0.2) is 0 Å². The van der Waals surface area contributed by atoms with Crippen LogP contribution in [0.5, 0.6) is 0 Å². The lowest BCUT2D eigenvalue weighted by atomic mass is 10.1. The Morgan fingerprint density at radius 3 is 2.49 bits per heavy atom. The third-order valence-electron chi connectivity index (χ3n) is 7.59. The number of nitrogens with one attached hydrogen (secondary N) is 2. The highest BCUT2D eigenvalue weighted by atomic mass is 35.5. The zero-order valence-corrected chi connectivity index (χ0v) is 25.5. The van der Waals surface area contributed by atoms with Crippen LogP contribution in [-0.4, -0.2) is 86.9 Å². The summed E-state index contributed by atoms with van der Waals surface area (Å²) in [5.74, 6) is -1.58. The number of morpholine rings is 1. The maximum atomic E-state index is 13.9. The molecule has 0 aromatic heterocycles. The van der Waals surface area contributed by atoms with E-state index in [0.29, 0.717) is 36.9 Å². The number of sulfonamides is 1. The number of hydrogen-bond donors (Lipinski definition) is 4. The molecule has 2 aromatic rings. The van der Waals surface area contributed by atoms with Crippen LogP contribution in [0.4, 0.5) is 0 Å².